The molecule has 0 fully saturated rings. The van der Waals surface area contributed by atoms with Gasteiger partial charge in [0.1, 0.15) is 11.4 Å². The van der Waals surface area contributed by atoms with Crippen LogP contribution in [0.1, 0.15) is 15.9 Å². The molecule has 0 unspecified atom stereocenters. The molecular weight excluding hydrogens is 438 g/mol. The third-order valence-corrected chi connectivity index (χ3v) is 6.70. The van der Waals surface area contributed by atoms with Crippen LogP contribution in [0.15, 0.2) is 83.0 Å². The van der Waals surface area contributed by atoms with Crippen LogP contribution in [0.3, 0.4) is 0 Å². The van der Waals surface area contributed by atoms with Crippen LogP contribution < -0.4 is 10.1 Å². The van der Waals surface area contributed by atoms with Gasteiger partial charge in [-0.25, -0.2) is 13.4 Å². The minimum Gasteiger partial charge on any atom is -0.497 e. The molecule has 0 bridgehead atoms. The lowest BCUT2D eigenvalue weighted by Crippen LogP contribution is -2.23. The highest BCUT2D eigenvalue weighted by Crippen LogP contribution is 2.28. The first-order chi connectivity index (χ1) is 14.9. The number of pyridine rings is 1. The summed E-state index contributed by atoms with van der Waals surface area (Å²) in [5.41, 5.74) is 2.02. The summed E-state index contributed by atoms with van der Waals surface area (Å²) in [6.07, 6.45) is 5.12. The normalized spacial score (nSPS) is 11.4. The molecule has 4 rings (SSSR count). The molecule has 0 aliphatic carbocycles. The van der Waals surface area contributed by atoms with Gasteiger partial charge >= 0.3 is 0 Å². The fourth-order valence-corrected chi connectivity index (χ4v) is 4.68. The number of amides is 1. The molecule has 31 heavy (non-hydrogen) atoms. The molecule has 9 heteroatoms. The first-order valence-corrected chi connectivity index (χ1v) is 11.1. The number of carbonyl (C=O) groups is 1. The number of carbonyl (C=O) groups excluding carboxylic acids is 1. The summed E-state index contributed by atoms with van der Waals surface area (Å²) in [4.78, 5) is 16.7. The van der Waals surface area contributed by atoms with E-state index < -0.39 is 9.84 Å². The number of imidazole rings is 1. The molecular formula is C22H18ClN3O4S. The summed E-state index contributed by atoms with van der Waals surface area (Å²) in [6, 6.07) is 14.1. The Balaban J connectivity index is 1.47. The minimum absolute atomic E-state index is 0.0489. The van der Waals surface area contributed by atoms with Crippen molar-refractivity contribution in [2.45, 2.75) is 16.3 Å². The van der Waals surface area contributed by atoms with E-state index in [1.165, 1.54) is 37.4 Å². The lowest BCUT2D eigenvalue weighted by atomic mass is 10.2. The minimum atomic E-state index is -3.76. The number of hydrogen-bond acceptors (Lipinski definition) is 5. The zero-order chi connectivity index (χ0) is 22.0. The van der Waals surface area contributed by atoms with Crippen molar-refractivity contribution < 1.29 is 17.9 Å². The molecule has 0 aliphatic rings. The van der Waals surface area contributed by atoms with Crippen molar-refractivity contribution in [1.82, 2.24) is 14.7 Å². The van der Waals surface area contributed by atoms with E-state index in [4.69, 9.17) is 16.3 Å². The predicted octanol–water partition coefficient (Wildman–Crippen LogP) is 3.76. The fraction of sp³-hybridized carbons (Fsp3) is 0.0909. The second-order valence-corrected chi connectivity index (χ2v) is 9.15. The van der Waals surface area contributed by atoms with E-state index in [9.17, 15) is 13.2 Å². The Bertz CT molecular complexity index is 1370. The van der Waals surface area contributed by atoms with Gasteiger partial charge in [-0.1, -0.05) is 23.7 Å². The van der Waals surface area contributed by atoms with Crippen LogP contribution >= 0.6 is 11.6 Å². The first kappa shape index (κ1) is 20.9. The van der Waals surface area contributed by atoms with Gasteiger partial charge in [-0.15, -0.1) is 0 Å². The summed E-state index contributed by atoms with van der Waals surface area (Å²) >= 11 is 6.00. The number of rotatable bonds is 6. The van der Waals surface area contributed by atoms with Crippen molar-refractivity contribution >= 4 is 33.0 Å². The van der Waals surface area contributed by atoms with Crippen molar-refractivity contribution in [3.63, 3.8) is 0 Å². The Hall–Kier alpha value is -3.36. The molecule has 1 N–H and O–H groups in total. The number of nitrogens with one attached hydrogen (secondary N) is 1. The average Bonchev–Trinajstić information content (AvgIpc) is 3.25. The van der Waals surface area contributed by atoms with Crippen LogP contribution in [0, 0.1) is 0 Å². The average molecular weight is 456 g/mol. The van der Waals surface area contributed by atoms with E-state index >= 15 is 0 Å². The van der Waals surface area contributed by atoms with Gasteiger partial charge in [0.25, 0.3) is 5.91 Å². The third-order valence-electron chi connectivity index (χ3n) is 4.73. The highest BCUT2D eigenvalue weighted by molar-refractivity contribution is 7.91. The number of aromatic nitrogens is 2. The molecule has 0 atom stereocenters. The van der Waals surface area contributed by atoms with Crippen LogP contribution in [0.5, 0.6) is 5.75 Å². The monoisotopic (exact) mass is 455 g/mol. The van der Waals surface area contributed by atoms with Gasteiger partial charge in [0.2, 0.25) is 9.84 Å². The van der Waals surface area contributed by atoms with E-state index in [0.717, 1.165) is 11.2 Å². The Morgan fingerprint density at radius 1 is 1.10 bits per heavy atom. The maximum atomic E-state index is 12.9. The zero-order valence-corrected chi connectivity index (χ0v) is 18.0. The van der Waals surface area contributed by atoms with E-state index in [-0.39, 0.29) is 27.3 Å². The third kappa shape index (κ3) is 4.40. The van der Waals surface area contributed by atoms with Crippen LogP contribution in [0.4, 0.5) is 0 Å². The fourth-order valence-electron chi connectivity index (χ4n) is 3.07. The molecule has 2 aromatic carbocycles. The van der Waals surface area contributed by atoms with Gasteiger partial charge in [-0.2, -0.15) is 0 Å². The molecule has 1 amide bonds. The van der Waals surface area contributed by atoms with Crippen LogP contribution in [-0.4, -0.2) is 30.8 Å². The summed E-state index contributed by atoms with van der Waals surface area (Å²) in [6.45, 7) is 0.256. The summed E-state index contributed by atoms with van der Waals surface area (Å²) in [5, 5.41) is 3.10. The quantitative estimate of drug-likeness (QED) is 0.478. The van der Waals surface area contributed by atoms with Crippen LogP contribution in [0.25, 0.3) is 5.65 Å². The maximum Gasteiger partial charge on any atom is 0.253 e. The topological polar surface area (TPSA) is 89.8 Å². The molecule has 0 spiro atoms. The van der Waals surface area contributed by atoms with E-state index in [1.807, 2.05) is 0 Å². The van der Waals surface area contributed by atoms with Crippen LogP contribution in [0.2, 0.25) is 5.02 Å². The second kappa shape index (κ2) is 8.41. The van der Waals surface area contributed by atoms with Crippen molar-refractivity contribution in [3.8, 4) is 5.75 Å². The molecule has 2 heterocycles. The Labute approximate surface area is 184 Å². The van der Waals surface area contributed by atoms with Crippen molar-refractivity contribution in [2.24, 2.45) is 0 Å². The molecule has 0 aliphatic heterocycles. The Morgan fingerprint density at radius 3 is 2.61 bits per heavy atom. The second-order valence-electron chi connectivity index (χ2n) is 6.77. The Morgan fingerprint density at radius 2 is 1.87 bits per heavy atom. The zero-order valence-electron chi connectivity index (χ0n) is 16.4. The predicted molar refractivity (Wildman–Crippen MR) is 116 cm³/mol. The number of sulfone groups is 1. The van der Waals surface area contributed by atoms with E-state index in [1.54, 1.807) is 47.3 Å². The van der Waals surface area contributed by atoms with Crippen LogP contribution in [-0.2, 0) is 16.4 Å². The lowest BCUT2D eigenvalue weighted by molar-refractivity contribution is 0.0950. The molecule has 158 valence electrons. The highest BCUT2D eigenvalue weighted by Gasteiger charge is 2.19. The number of ether oxygens (including phenoxy) is 1. The number of benzene rings is 2. The van der Waals surface area contributed by atoms with Gasteiger partial charge in [0.05, 0.1) is 22.5 Å². The SMILES string of the molecule is COc1cc(Cl)cc(S(=O)(=O)c2ccc(CNC(=O)c3ccc4nccn4c3)cc2)c1. The van der Waals surface area contributed by atoms with Crippen molar-refractivity contribution in [1.29, 1.82) is 0 Å². The summed E-state index contributed by atoms with van der Waals surface area (Å²) < 4.78 is 32.7. The molecule has 4 aromatic rings. The van der Waals surface area contributed by atoms with E-state index in [0.29, 0.717) is 11.3 Å². The first-order valence-electron chi connectivity index (χ1n) is 9.26. The number of fused-ring (bicyclic) bond motifs is 1. The number of methoxy groups -OCH3 is 1. The largest absolute Gasteiger partial charge is 0.497 e. The molecule has 7 nitrogen and oxygen atoms in total. The summed E-state index contributed by atoms with van der Waals surface area (Å²) in [7, 11) is -2.32. The smallest absolute Gasteiger partial charge is 0.253 e. The molecule has 0 saturated carbocycles. The lowest BCUT2D eigenvalue weighted by Gasteiger charge is -2.09. The van der Waals surface area contributed by atoms with Crippen molar-refractivity contribution in [2.75, 3.05) is 7.11 Å². The standard InChI is InChI=1S/C22H18ClN3O4S/c1-30-18-10-17(23)11-20(12-18)31(28,29)19-5-2-15(3-6-19)13-25-22(27)16-4-7-21-24-8-9-26(21)14-16/h2-12,14H,13H2,1H3,(H,25,27). The van der Waals surface area contributed by atoms with Gasteiger partial charge in [-0.3, -0.25) is 4.79 Å². The van der Waals surface area contributed by atoms with Gasteiger partial charge < -0.3 is 14.5 Å². The summed E-state index contributed by atoms with van der Waals surface area (Å²) in [5.74, 6) is 0.123. The van der Waals surface area contributed by atoms with Gasteiger partial charge in [-0.05, 0) is 48.0 Å². The molecule has 0 saturated heterocycles. The van der Waals surface area contributed by atoms with Gasteiger partial charge in [0, 0.05) is 30.2 Å². The Kier molecular flexibility index (Phi) is 5.67. The highest BCUT2D eigenvalue weighted by atomic mass is 35.5. The van der Waals surface area contributed by atoms with E-state index in [2.05, 4.69) is 10.3 Å². The number of nitrogens with zero attached hydrogens (tertiary/aromatic N) is 2. The molecule has 0 radical (unpaired) electrons. The van der Waals surface area contributed by atoms with Gasteiger partial charge in [0.15, 0.2) is 0 Å². The van der Waals surface area contributed by atoms with Crippen molar-refractivity contribution in [3.05, 3.63) is 89.3 Å². The number of hydrogen-bond donors (Lipinski definition) is 1. The number of halogens is 1. The molecule has 2 aromatic heterocycles. The maximum absolute atomic E-state index is 12.9.